The number of benzene rings is 2. The number of hydrogen-bond donors (Lipinski definition) is 2. The maximum atomic E-state index is 13.0. The quantitative estimate of drug-likeness (QED) is 0.415. The SMILES string of the molecule is CCc1cccc2ncc(NC(=O)c3csc([C@H](N)CCc4ccc(F)cc4)n3)cc12. The number of carbonyl (C=O) groups is 1. The highest BCUT2D eigenvalue weighted by atomic mass is 32.1. The number of halogens is 1. The third-order valence-corrected chi connectivity index (χ3v) is 6.16. The number of aryl methyl sites for hydroxylation is 2. The summed E-state index contributed by atoms with van der Waals surface area (Å²) < 4.78 is 13.0. The normalized spacial score (nSPS) is 12.1. The lowest BCUT2D eigenvalue weighted by atomic mass is 10.1. The number of anilines is 1. The monoisotopic (exact) mass is 434 g/mol. The van der Waals surface area contributed by atoms with Crippen molar-refractivity contribution >= 4 is 33.8 Å². The highest BCUT2D eigenvalue weighted by Gasteiger charge is 2.16. The van der Waals surface area contributed by atoms with Crippen molar-refractivity contribution in [1.82, 2.24) is 9.97 Å². The molecule has 2 heterocycles. The van der Waals surface area contributed by atoms with Crippen molar-refractivity contribution in [1.29, 1.82) is 0 Å². The van der Waals surface area contributed by atoms with Crippen LogP contribution in [0.3, 0.4) is 0 Å². The van der Waals surface area contributed by atoms with Gasteiger partial charge in [0, 0.05) is 10.8 Å². The molecule has 2 aromatic heterocycles. The smallest absolute Gasteiger partial charge is 0.275 e. The van der Waals surface area contributed by atoms with E-state index in [9.17, 15) is 9.18 Å². The van der Waals surface area contributed by atoms with Crippen molar-refractivity contribution in [3.05, 3.63) is 87.8 Å². The Morgan fingerprint density at radius 3 is 2.81 bits per heavy atom. The molecule has 0 aliphatic heterocycles. The molecule has 0 bridgehead atoms. The second-order valence-corrected chi connectivity index (χ2v) is 8.25. The molecule has 3 N–H and O–H groups in total. The van der Waals surface area contributed by atoms with Crippen molar-refractivity contribution in [2.24, 2.45) is 5.73 Å². The molecule has 1 amide bonds. The van der Waals surface area contributed by atoms with Crippen LogP contribution in [0.5, 0.6) is 0 Å². The Morgan fingerprint density at radius 1 is 1.23 bits per heavy atom. The minimum atomic E-state index is -0.289. The van der Waals surface area contributed by atoms with Gasteiger partial charge in [-0.1, -0.05) is 31.2 Å². The lowest BCUT2D eigenvalue weighted by molar-refractivity contribution is 0.102. The lowest BCUT2D eigenvalue weighted by Crippen LogP contribution is -2.15. The number of aromatic nitrogens is 2. The van der Waals surface area contributed by atoms with E-state index in [1.165, 1.54) is 29.0 Å². The third kappa shape index (κ3) is 4.95. The molecule has 0 fully saturated rings. The zero-order valence-electron chi connectivity index (χ0n) is 17.1. The molecule has 0 spiro atoms. The van der Waals surface area contributed by atoms with E-state index in [2.05, 4.69) is 28.3 Å². The number of thiazole rings is 1. The van der Waals surface area contributed by atoms with E-state index in [0.717, 1.165) is 22.9 Å². The Kier molecular flexibility index (Phi) is 6.34. The number of rotatable bonds is 7. The molecule has 7 heteroatoms. The van der Waals surface area contributed by atoms with Crippen LogP contribution in [0.1, 0.15) is 46.0 Å². The number of nitrogens with one attached hydrogen (secondary N) is 1. The van der Waals surface area contributed by atoms with Crippen LogP contribution < -0.4 is 11.1 Å². The molecule has 0 radical (unpaired) electrons. The number of fused-ring (bicyclic) bond motifs is 1. The minimum absolute atomic E-state index is 0.254. The Morgan fingerprint density at radius 2 is 2.03 bits per heavy atom. The molecule has 4 aromatic rings. The molecule has 0 saturated carbocycles. The van der Waals surface area contributed by atoms with Crippen molar-refractivity contribution < 1.29 is 9.18 Å². The van der Waals surface area contributed by atoms with Gasteiger partial charge in [0.25, 0.3) is 5.91 Å². The van der Waals surface area contributed by atoms with Gasteiger partial charge in [0.15, 0.2) is 0 Å². The summed E-state index contributed by atoms with van der Waals surface area (Å²) >= 11 is 1.37. The van der Waals surface area contributed by atoms with E-state index in [0.29, 0.717) is 29.2 Å². The van der Waals surface area contributed by atoms with Gasteiger partial charge in [-0.05, 0) is 54.7 Å². The van der Waals surface area contributed by atoms with Crippen molar-refractivity contribution in [3.8, 4) is 0 Å². The average Bonchev–Trinajstić information content (AvgIpc) is 3.29. The summed E-state index contributed by atoms with van der Waals surface area (Å²) in [4.78, 5) is 21.6. The van der Waals surface area contributed by atoms with Gasteiger partial charge >= 0.3 is 0 Å². The van der Waals surface area contributed by atoms with E-state index < -0.39 is 0 Å². The topological polar surface area (TPSA) is 80.9 Å². The first kappa shape index (κ1) is 21.1. The van der Waals surface area contributed by atoms with Gasteiger partial charge in [-0.3, -0.25) is 9.78 Å². The summed E-state index contributed by atoms with van der Waals surface area (Å²) in [5, 5.41) is 6.34. The van der Waals surface area contributed by atoms with E-state index >= 15 is 0 Å². The van der Waals surface area contributed by atoms with Gasteiger partial charge in [0.2, 0.25) is 0 Å². The lowest BCUT2D eigenvalue weighted by Gasteiger charge is -2.09. The van der Waals surface area contributed by atoms with Crippen molar-refractivity contribution in [2.75, 3.05) is 5.32 Å². The number of amides is 1. The number of hydrogen-bond acceptors (Lipinski definition) is 5. The average molecular weight is 435 g/mol. The van der Waals surface area contributed by atoms with Gasteiger partial charge in [-0.15, -0.1) is 11.3 Å². The summed E-state index contributed by atoms with van der Waals surface area (Å²) in [5.74, 6) is -0.542. The van der Waals surface area contributed by atoms with Crippen LogP contribution in [0.25, 0.3) is 10.9 Å². The highest BCUT2D eigenvalue weighted by molar-refractivity contribution is 7.09. The van der Waals surface area contributed by atoms with Crippen LogP contribution in [0, 0.1) is 5.82 Å². The number of carbonyl (C=O) groups excluding carboxylic acids is 1. The largest absolute Gasteiger partial charge is 0.322 e. The van der Waals surface area contributed by atoms with Gasteiger partial charge in [0.05, 0.1) is 23.4 Å². The molecular weight excluding hydrogens is 411 g/mol. The molecule has 4 rings (SSSR count). The molecule has 0 aliphatic rings. The molecule has 0 aliphatic carbocycles. The van der Waals surface area contributed by atoms with Crippen LogP contribution in [-0.2, 0) is 12.8 Å². The Bertz CT molecular complexity index is 1210. The zero-order valence-corrected chi connectivity index (χ0v) is 18.0. The Balaban J connectivity index is 1.42. The summed E-state index contributed by atoms with van der Waals surface area (Å²) in [6.45, 7) is 2.09. The van der Waals surface area contributed by atoms with Crippen LogP contribution >= 0.6 is 11.3 Å². The van der Waals surface area contributed by atoms with E-state index in [1.807, 2.05) is 18.2 Å². The first-order chi connectivity index (χ1) is 15.0. The van der Waals surface area contributed by atoms with Crippen LogP contribution in [0.15, 0.2) is 60.1 Å². The fraction of sp³-hybridized carbons (Fsp3) is 0.208. The molecule has 2 aromatic carbocycles. The van der Waals surface area contributed by atoms with Crippen molar-refractivity contribution in [2.45, 2.75) is 32.2 Å². The molecule has 31 heavy (non-hydrogen) atoms. The summed E-state index contributed by atoms with van der Waals surface area (Å²) in [5.41, 5.74) is 10.3. The molecule has 5 nitrogen and oxygen atoms in total. The Hall–Kier alpha value is -3.16. The van der Waals surface area contributed by atoms with Gasteiger partial charge in [-0.2, -0.15) is 0 Å². The van der Waals surface area contributed by atoms with Crippen LogP contribution in [0.4, 0.5) is 10.1 Å². The molecule has 0 saturated heterocycles. The predicted molar refractivity (Wildman–Crippen MR) is 123 cm³/mol. The number of nitrogens with zero attached hydrogens (tertiary/aromatic N) is 2. The first-order valence-corrected chi connectivity index (χ1v) is 11.1. The number of nitrogens with two attached hydrogens (primary N) is 1. The van der Waals surface area contributed by atoms with Crippen LogP contribution in [-0.4, -0.2) is 15.9 Å². The predicted octanol–water partition coefficient (Wildman–Crippen LogP) is 5.28. The van der Waals surface area contributed by atoms with Gasteiger partial charge in [-0.25, -0.2) is 9.37 Å². The molecule has 158 valence electrons. The third-order valence-electron chi connectivity index (χ3n) is 5.18. The minimum Gasteiger partial charge on any atom is -0.322 e. The van der Waals surface area contributed by atoms with Crippen molar-refractivity contribution in [3.63, 3.8) is 0 Å². The molecule has 0 unspecified atom stereocenters. The van der Waals surface area contributed by atoms with Crippen LogP contribution in [0.2, 0.25) is 0 Å². The Labute approximate surface area is 184 Å². The maximum Gasteiger partial charge on any atom is 0.275 e. The van der Waals surface area contributed by atoms with E-state index in [1.54, 1.807) is 23.7 Å². The van der Waals surface area contributed by atoms with E-state index in [4.69, 9.17) is 5.73 Å². The molecular formula is C24H23FN4OS. The fourth-order valence-electron chi connectivity index (χ4n) is 3.44. The zero-order chi connectivity index (χ0) is 21.8. The van der Waals surface area contributed by atoms with Gasteiger partial charge < -0.3 is 11.1 Å². The summed E-state index contributed by atoms with van der Waals surface area (Å²) in [6.07, 6.45) is 3.92. The fourth-order valence-corrected chi connectivity index (χ4v) is 4.28. The van der Waals surface area contributed by atoms with Gasteiger partial charge in [0.1, 0.15) is 16.5 Å². The standard InChI is InChI=1S/C24H23FN4OS/c1-2-16-4-3-5-21-19(16)12-18(13-27-21)28-23(30)22-14-31-24(29-22)20(26)11-8-15-6-9-17(25)10-7-15/h3-7,9-10,12-14,20H,2,8,11,26H2,1H3,(H,28,30)/t20-/m1/s1. The summed E-state index contributed by atoms with van der Waals surface area (Å²) in [6, 6.07) is 14.1. The summed E-state index contributed by atoms with van der Waals surface area (Å²) in [7, 11) is 0. The molecule has 1 atom stereocenters. The van der Waals surface area contributed by atoms with E-state index in [-0.39, 0.29) is 17.8 Å². The second kappa shape index (κ2) is 9.32. The number of pyridine rings is 1. The second-order valence-electron chi connectivity index (χ2n) is 7.36. The highest BCUT2D eigenvalue weighted by Crippen LogP contribution is 2.24. The first-order valence-electron chi connectivity index (χ1n) is 10.2. The maximum absolute atomic E-state index is 13.0.